The number of thiazole rings is 1. The minimum Gasteiger partial charge on any atom is -0.347 e. The first-order valence-electron chi connectivity index (χ1n) is 5.40. The zero-order valence-electron chi connectivity index (χ0n) is 9.86. The molecule has 0 saturated heterocycles. The van der Waals surface area contributed by atoms with Gasteiger partial charge in [0, 0.05) is 42.8 Å². The Hall–Kier alpha value is -1.53. The molecule has 0 spiro atoms. The molecule has 0 amide bonds. The number of nitrogens with two attached hydrogens (primary N) is 1. The third-order valence-electron chi connectivity index (χ3n) is 2.49. The summed E-state index contributed by atoms with van der Waals surface area (Å²) < 4.78 is 26.3. The summed E-state index contributed by atoms with van der Waals surface area (Å²) in [5.74, 6) is -1.11. The molecule has 0 unspecified atom stereocenters. The quantitative estimate of drug-likeness (QED) is 0.927. The molecule has 2 rings (SSSR count). The fourth-order valence-electron chi connectivity index (χ4n) is 1.54. The molecular formula is C12H13F2N3S. The summed E-state index contributed by atoms with van der Waals surface area (Å²) in [4.78, 5) is 6.97. The SMILES string of the molecule is CN(Cc1ccc(F)cc1F)c1ncc(CN)s1. The number of benzene rings is 1. The second-order valence-electron chi connectivity index (χ2n) is 3.91. The van der Waals surface area contributed by atoms with Gasteiger partial charge in [-0.05, 0) is 6.07 Å². The van der Waals surface area contributed by atoms with Crippen molar-refractivity contribution in [1.82, 2.24) is 4.98 Å². The number of hydrogen-bond donors (Lipinski definition) is 1. The van der Waals surface area contributed by atoms with Crippen LogP contribution in [0.1, 0.15) is 10.4 Å². The molecule has 18 heavy (non-hydrogen) atoms. The van der Waals surface area contributed by atoms with Gasteiger partial charge in [-0.2, -0.15) is 0 Å². The van der Waals surface area contributed by atoms with E-state index in [-0.39, 0.29) is 0 Å². The summed E-state index contributed by atoms with van der Waals surface area (Å²) in [5, 5.41) is 0.763. The molecule has 0 atom stereocenters. The van der Waals surface area contributed by atoms with E-state index in [0.717, 1.165) is 16.1 Å². The van der Waals surface area contributed by atoms with Crippen molar-refractivity contribution in [3.63, 3.8) is 0 Å². The lowest BCUT2D eigenvalue weighted by Crippen LogP contribution is -2.17. The van der Waals surface area contributed by atoms with Crippen molar-refractivity contribution < 1.29 is 8.78 Å². The van der Waals surface area contributed by atoms with Crippen molar-refractivity contribution in [2.75, 3.05) is 11.9 Å². The number of aromatic nitrogens is 1. The van der Waals surface area contributed by atoms with Crippen LogP contribution in [0, 0.1) is 11.6 Å². The normalized spacial score (nSPS) is 10.7. The maximum atomic E-state index is 13.5. The Kier molecular flexibility index (Phi) is 3.88. The van der Waals surface area contributed by atoms with E-state index in [0.29, 0.717) is 18.7 Å². The Morgan fingerprint density at radius 3 is 2.78 bits per heavy atom. The number of halogens is 2. The highest BCUT2D eigenvalue weighted by molar-refractivity contribution is 7.15. The maximum Gasteiger partial charge on any atom is 0.185 e. The second-order valence-corrected chi connectivity index (χ2v) is 5.00. The van der Waals surface area contributed by atoms with Gasteiger partial charge in [-0.25, -0.2) is 13.8 Å². The van der Waals surface area contributed by atoms with E-state index < -0.39 is 11.6 Å². The Morgan fingerprint density at radius 2 is 2.17 bits per heavy atom. The summed E-state index contributed by atoms with van der Waals surface area (Å²) in [6, 6.07) is 3.58. The van der Waals surface area contributed by atoms with Gasteiger partial charge in [0.2, 0.25) is 0 Å². The van der Waals surface area contributed by atoms with Crippen LogP contribution in [0.2, 0.25) is 0 Å². The van der Waals surface area contributed by atoms with Crippen molar-refractivity contribution >= 4 is 16.5 Å². The molecule has 0 saturated carbocycles. The lowest BCUT2D eigenvalue weighted by molar-refractivity contribution is 0.571. The first-order valence-corrected chi connectivity index (χ1v) is 6.21. The molecule has 0 aliphatic carbocycles. The largest absolute Gasteiger partial charge is 0.347 e. The van der Waals surface area contributed by atoms with E-state index in [1.165, 1.54) is 23.5 Å². The average molecular weight is 269 g/mol. The standard InChI is InChI=1S/C12H13F2N3S/c1-17(12-16-6-10(5-15)18-12)7-8-2-3-9(13)4-11(8)14/h2-4,6H,5,7,15H2,1H3. The molecule has 0 fully saturated rings. The van der Waals surface area contributed by atoms with Gasteiger partial charge in [-0.3, -0.25) is 0 Å². The highest BCUT2D eigenvalue weighted by Gasteiger charge is 2.10. The predicted octanol–water partition coefficient (Wildman–Crippen LogP) is 2.52. The molecule has 96 valence electrons. The van der Waals surface area contributed by atoms with Gasteiger partial charge < -0.3 is 10.6 Å². The fraction of sp³-hybridized carbons (Fsp3) is 0.250. The first kappa shape index (κ1) is 12.9. The molecule has 0 aliphatic heterocycles. The van der Waals surface area contributed by atoms with Crippen LogP contribution in [-0.4, -0.2) is 12.0 Å². The van der Waals surface area contributed by atoms with E-state index in [1.54, 1.807) is 11.1 Å². The van der Waals surface area contributed by atoms with Gasteiger partial charge in [0.25, 0.3) is 0 Å². The number of nitrogens with zero attached hydrogens (tertiary/aromatic N) is 2. The van der Waals surface area contributed by atoms with Crippen LogP contribution in [-0.2, 0) is 13.1 Å². The summed E-state index contributed by atoms with van der Waals surface area (Å²) in [6.45, 7) is 0.778. The number of anilines is 1. The van der Waals surface area contributed by atoms with Crippen LogP contribution in [0.3, 0.4) is 0 Å². The minimum atomic E-state index is -0.571. The highest BCUT2D eigenvalue weighted by Crippen LogP contribution is 2.23. The molecule has 0 radical (unpaired) electrons. The molecular weight excluding hydrogens is 256 g/mol. The third kappa shape index (κ3) is 2.83. The molecule has 2 aromatic rings. The van der Waals surface area contributed by atoms with E-state index >= 15 is 0 Å². The van der Waals surface area contributed by atoms with Gasteiger partial charge in [0.05, 0.1) is 0 Å². The zero-order valence-corrected chi connectivity index (χ0v) is 10.7. The van der Waals surface area contributed by atoms with Crippen molar-refractivity contribution in [1.29, 1.82) is 0 Å². The topological polar surface area (TPSA) is 42.2 Å². The predicted molar refractivity (Wildman–Crippen MR) is 68.5 cm³/mol. The van der Waals surface area contributed by atoms with Crippen LogP contribution >= 0.6 is 11.3 Å². The molecule has 2 N–H and O–H groups in total. The Labute approximate surface area is 108 Å². The smallest absolute Gasteiger partial charge is 0.185 e. The van der Waals surface area contributed by atoms with E-state index in [4.69, 9.17) is 5.73 Å². The Bertz CT molecular complexity index is 542. The molecule has 1 aromatic heterocycles. The lowest BCUT2D eigenvalue weighted by Gasteiger charge is -2.16. The van der Waals surface area contributed by atoms with Gasteiger partial charge in [-0.1, -0.05) is 6.07 Å². The average Bonchev–Trinajstić information content (AvgIpc) is 2.81. The zero-order chi connectivity index (χ0) is 13.1. The molecule has 0 aliphatic rings. The van der Waals surface area contributed by atoms with Crippen LogP contribution in [0.15, 0.2) is 24.4 Å². The van der Waals surface area contributed by atoms with Crippen LogP contribution in [0.5, 0.6) is 0 Å². The van der Waals surface area contributed by atoms with E-state index in [2.05, 4.69) is 4.98 Å². The first-order chi connectivity index (χ1) is 8.60. The monoisotopic (exact) mass is 269 g/mol. The fourth-order valence-corrected chi connectivity index (χ4v) is 2.29. The highest BCUT2D eigenvalue weighted by atomic mass is 32.1. The third-order valence-corrected chi connectivity index (χ3v) is 3.63. The van der Waals surface area contributed by atoms with Crippen LogP contribution in [0.25, 0.3) is 0 Å². The molecule has 1 heterocycles. The molecule has 6 heteroatoms. The summed E-state index contributed by atoms with van der Waals surface area (Å²) in [5.41, 5.74) is 5.94. The lowest BCUT2D eigenvalue weighted by atomic mass is 10.2. The Morgan fingerprint density at radius 1 is 1.39 bits per heavy atom. The van der Waals surface area contributed by atoms with Gasteiger partial charge in [0.15, 0.2) is 5.13 Å². The van der Waals surface area contributed by atoms with Crippen LogP contribution < -0.4 is 10.6 Å². The number of rotatable bonds is 4. The van der Waals surface area contributed by atoms with Crippen LogP contribution in [0.4, 0.5) is 13.9 Å². The summed E-state index contributed by atoms with van der Waals surface area (Å²) in [7, 11) is 1.81. The maximum absolute atomic E-state index is 13.5. The van der Waals surface area contributed by atoms with Crippen molar-refractivity contribution in [3.05, 3.63) is 46.5 Å². The number of hydrogen-bond acceptors (Lipinski definition) is 4. The van der Waals surface area contributed by atoms with Gasteiger partial charge in [0.1, 0.15) is 11.6 Å². The molecule has 0 bridgehead atoms. The van der Waals surface area contributed by atoms with Crippen molar-refractivity contribution in [3.8, 4) is 0 Å². The van der Waals surface area contributed by atoms with E-state index in [9.17, 15) is 8.78 Å². The minimum absolute atomic E-state index is 0.337. The summed E-state index contributed by atoms with van der Waals surface area (Å²) >= 11 is 1.46. The molecule has 3 nitrogen and oxygen atoms in total. The van der Waals surface area contributed by atoms with Gasteiger partial charge in [-0.15, -0.1) is 11.3 Å². The second kappa shape index (κ2) is 5.41. The Balaban J connectivity index is 2.13. The van der Waals surface area contributed by atoms with Crippen molar-refractivity contribution in [2.24, 2.45) is 5.73 Å². The van der Waals surface area contributed by atoms with Crippen molar-refractivity contribution in [2.45, 2.75) is 13.1 Å². The molecule has 1 aromatic carbocycles. The van der Waals surface area contributed by atoms with Gasteiger partial charge >= 0.3 is 0 Å². The van der Waals surface area contributed by atoms with E-state index in [1.807, 2.05) is 7.05 Å². The summed E-state index contributed by atoms with van der Waals surface area (Å²) in [6.07, 6.45) is 1.71.